The zero-order chi connectivity index (χ0) is 20.9. The number of piperidine rings is 1. The monoisotopic (exact) mass is 469 g/mol. The van der Waals surface area contributed by atoms with E-state index < -0.39 is 5.72 Å². The first-order valence-electron chi connectivity index (χ1n) is 10.2. The summed E-state index contributed by atoms with van der Waals surface area (Å²) in [5, 5.41) is 7.23. The quantitative estimate of drug-likeness (QED) is 0.656. The lowest BCUT2D eigenvalue weighted by Gasteiger charge is -2.51. The van der Waals surface area contributed by atoms with Crippen LogP contribution in [0, 0.1) is 0 Å². The Labute approximate surface area is 184 Å². The zero-order valence-corrected chi connectivity index (χ0v) is 18.7. The molecule has 1 saturated heterocycles. The molecule has 1 fully saturated rings. The van der Waals surface area contributed by atoms with E-state index in [-0.39, 0.29) is 11.9 Å². The van der Waals surface area contributed by atoms with Gasteiger partial charge >= 0.3 is 0 Å². The Hall–Kier alpha value is -2.54. The molecule has 30 heavy (non-hydrogen) atoms. The number of hydrogen-bond acceptors (Lipinski definition) is 5. The number of carbonyl (C=O) groups excluding carboxylic acids is 1. The van der Waals surface area contributed by atoms with Gasteiger partial charge in [-0.05, 0) is 23.8 Å². The van der Waals surface area contributed by atoms with Crippen molar-refractivity contribution in [3.8, 4) is 11.5 Å². The Morgan fingerprint density at radius 1 is 1.20 bits per heavy atom. The van der Waals surface area contributed by atoms with Crippen LogP contribution in [0.2, 0.25) is 0 Å². The van der Waals surface area contributed by atoms with Crippen molar-refractivity contribution in [2.45, 2.75) is 38.0 Å². The Bertz CT molecular complexity index is 1010. The number of benzene rings is 2. The van der Waals surface area contributed by atoms with Gasteiger partial charge in [0.15, 0.2) is 11.5 Å². The number of amides is 1. The van der Waals surface area contributed by atoms with Gasteiger partial charge in [-0.25, -0.2) is 5.01 Å². The second-order valence-corrected chi connectivity index (χ2v) is 8.97. The first-order valence-corrected chi connectivity index (χ1v) is 11.0. The van der Waals surface area contributed by atoms with Gasteiger partial charge < -0.3 is 14.4 Å². The van der Waals surface area contributed by atoms with E-state index in [4.69, 9.17) is 14.6 Å². The van der Waals surface area contributed by atoms with E-state index >= 15 is 0 Å². The molecule has 2 aromatic carbocycles. The van der Waals surface area contributed by atoms with Gasteiger partial charge in [0, 0.05) is 49.3 Å². The van der Waals surface area contributed by atoms with Crippen molar-refractivity contribution in [3.63, 3.8) is 0 Å². The second-order valence-electron chi connectivity index (χ2n) is 8.05. The van der Waals surface area contributed by atoms with E-state index in [9.17, 15) is 4.79 Å². The Morgan fingerprint density at radius 3 is 2.60 bits per heavy atom. The first-order chi connectivity index (χ1) is 14.5. The predicted molar refractivity (Wildman–Crippen MR) is 118 cm³/mol. The van der Waals surface area contributed by atoms with Crippen LogP contribution in [0.1, 0.15) is 43.4 Å². The summed E-state index contributed by atoms with van der Waals surface area (Å²) >= 11 is 3.51. The van der Waals surface area contributed by atoms with Gasteiger partial charge in [0.25, 0.3) is 0 Å². The Morgan fingerprint density at radius 2 is 1.93 bits per heavy atom. The molecule has 1 amide bonds. The number of rotatable bonds is 2. The fraction of sp³-hybridized carbons (Fsp3) is 0.391. The average molecular weight is 470 g/mol. The third-order valence-electron chi connectivity index (χ3n) is 6.38. The number of hydrogen-bond donors (Lipinski definition) is 0. The van der Waals surface area contributed by atoms with Crippen LogP contribution in [0.3, 0.4) is 0 Å². The molecule has 156 valence electrons. The Balaban J connectivity index is 1.57. The summed E-state index contributed by atoms with van der Waals surface area (Å²) in [6.07, 6.45) is 2.22. The predicted octanol–water partition coefficient (Wildman–Crippen LogP) is 4.34. The third-order valence-corrected chi connectivity index (χ3v) is 6.90. The van der Waals surface area contributed by atoms with Gasteiger partial charge in [-0.2, -0.15) is 5.10 Å². The van der Waals surface area contributed by atoms with Gasteiger partial charge in [-0.1, -0.05) is 40.2 Å². The normalized spacial score (nSPS) is 21.6. The molecule has 0 bridgehead atoms. The van der Waals surface area contributed by atoms with Crippen molar-refractivity contribution in [2.75, 3.05) is 20.2 Å². The number of carbonyl (C=O) groups is 1. The molecule has 6 nitrogen and oxygen atoms in total. The summed E-state index contributed by atoms with van der Waals surface area (Å²) in [5.74, 6) is 1.66. The molecule has 1 spiro atoms. The van der Waals surface area contributed by atoms with Crippen LogP contribution in [0.4, 0.5) is 0 Å². The van der Waals surface area contributed by atoms with Crippen molar-refractivity contribution >= 4 is 27.5 Å². The lowest BCUT2D eigenvalue weighted by atomic mass is 9.90. The molecule has 3 aliphatic rings. The fourth-order valence-corrected chi connectivity index (χ4v) is 5.01. The zero-order valence-electron chi connectivity index (χ0n) is 17.1. The summed E-state index contributed by atoms with van der Waals surface area (Å²) in [5.41, 5.74) is 2.70. The highest BCUT2D eigenvalue weighted by atomic mass is 79.9. The number of hydrazone groups is 1. The van der Waals surface area contributed by atoms with Crippen molar-refractivity contribution in [2.24, 2.45) is 5.10 Å². The number of halogens is 1. The molecule has 7 heteroatoms. The van der Waals surface area contributed by atoms with Gasteiger partial charge in [0.2, 0.25) is 11.6 Å². The highest BCUT2D eigenvalue weighted by Gasteiger charge is 2.52. The lowest BCUT2D eigenvalue weighted by Crippen LogP contribution is -2.59. The average Bonchev–Trinajstić information content (AvgIpc) is 3.21. The summed E-state index contributed by atoms with van der Waals surface area (Å²) in [7, 11) is 1.68. The number of para-hydroxylation sites is 1. The van der Waals surface area contributed by atoms with E-state index in [0.29, 0.717) is 25.9 Å². The first kappa shape index (κ1) is 19.4. The van der Waals surface area contributed by atoms with Crippen molar-refractivity contribution in [1.82, 2.24) is 9.91 Å². The molecule has 0 radical (unpaired) electrons. The summed E-state index contributed by atoms with van der Waals surface area (Å²) in [6.45, 7) is 2.94. The summed E-state index contributed by atoms with van der Waals surface area (Å²) < 4.78 is 13.4. The Kier molecular flexibility index (Phi) is 4.73. The van der Waals surface area contributed by atoms with Gasteiger partial charge in [-0.15, -0.1) is 0 Å². The topological polar surface area (TPSA) is 54.4 Å². The van der Waals surface area contributed by atoms with E-state index in [1.54, 1.807) is 14.0 Å². The van der Waals surface area contributed by atoms with Crippen LogP contribution in [0.15, 0.2) is 52.0 Å². The maximum atomic E-state index is 11.9. The number of likely N-dealkylation sites (tertiary alicyclic amines) is 1. The largest absolute Gasteiger partial charge is 0.493 e. The number of methoxy groups -OCH3 is 1. The van der Waals surface area contributed by atoms with Crippen LogP contribution in [0.25, 0.3) is 0 Å². The maximum Gasteiger partial charge on any atom is 0.219 e. The van der Waals surface area contributed by atoms with E-state index in [1.165, 1.54) is 0 Å². The smallest absolute Gasteiger partial charge is 0.219 e. The molecule has 0 saturated carbocycles. The highest BCUT2D eigenvalue weighted by Crippen LogP contribution is 2.52. The SMILES string of the molecule is COc1cccc2c1OC1(CCN(C(C)=O)CC1)N1N=C(c3ccc(Br)cc3)C[C@@H]21. The van der Waals surface area contributed by atoms with Crippen LogP contribution in [0.5, 0.6) is 11.5 Å². The summed E-state index contributed by atoms with van der Waals surface area (Å²) in [4.78, 5) is 13.8. The number of nitrogens with zero attached hydrogens (tertiary/aromatic N) is 3. The summed E-state index contributed by atoms with van der Waals surface area (Å²) in [6, 6.07) is 14.4. The van der Waals surface area contributed by atoms with Crippen molar-refractivity contribution in [3.05, 3.63) is 58.1 Å². The van der Waals surface area contributed by atoms with E-state index in [1.807, 2.05) is 29.2 Å². The minimum absolute atomic E-state index is 0.0892. The molecular formula is C23H24BrN3O3. The number of fused-ring (bicyclic) bond motifs is 4. The van der Waals surface area contributed by atoms with Crippen molar-refractivity contribution < 1.29 is 14.3 Å². The fourth-order valence-electron chi connectivity index (χ4n) is 4.75. The molecule has 0 unspecified atom stereocenters. The highest BCUT2D eigenvalue weighted by molar-refractivity contribution is 9.10. The lowest BCUT2D eigenvalue weighted by molar-refractivity contribution is -0.159. The molecular weight excluding hydrogens is 446 g/mol. The van der Waals surface area contributed by atoms with E-state index in [0.717, 1.165) is 39.2 Å². The standard InChI is InChI=1S/C23H24BrN3O3/c1-15(28)26-12-10-23(11-13-26)27-20(18-4-3-5-21(29-2)22(18)30-23)14-19(25-27)16-6-8-17(24)9-7-16/h3-9,20H,10-14H2,1-2H3/t20-/m0/s1. The van der Waals surface area contributed by atoms with E-state index in [2.05, 4.69) is 39.1 Å². The minimum atomic E-state index is -0.574. The molecule has 3 heterocycles. The molecule has 2 aromatic rings. The molecule has 5 rings (SSSR count). The van der Waals surface area contributed by atoms with Gasteiger partial charge in [0.1, 0.15) is 0 Å². The molecule has 0 aromatic heterocycles. The van der Waals surface area contributed by atoms with Crippen LogP contribution < -0.4 is 9.47 Å². The van der Waals surface area contributed by atoms with Crippen LogP contribution in [-0.4, -0.2) is 47.5 Å². The minimum Gasteiger partial charge on any atom is -0.493 e. The maximum absolute atomic E-state index is 11.9. The molecule has 1 atom stereocenters. The van der Waals surface area contributed by atoms with Gasteiger partial charge in [0.05, 0.1) is 18.9 Å². The molecule has 0 aliphatic carbocycles. The van der Waals surface area contributed by atoms with Crippen molar-refractivity contribution in [1.29, 1.82) is 0 Å². The van der Waals surface area contributed by atoms with Crippen LogP contribution in [-0.2, 0) is 4.79 Å². The number of ether oxygens (including phenoxy) is 2. The molecule has 0 N–H and O–H groups in total. The third kappa shape index (κ3) is 3.07. The second kappa shape index (κ2) is 7.30. The molecule has 3 aliphatic heterocycles. The van der Waals surface area contributed by atoms with Gasteiger partial charge in [-0.3, -0.25) is 4.79 Å². The van der Waals surface area contributed by atoms with Crippen LogP contribution >= 0.6 is 15.9 Å².